The second kappa shape index (κ2) is 8.00. The van der Waals surface area contributed by atoms with Gasteiger partial charge in [0.05, 0.1) is 26.6 Å². The van der Waals surface area contributed by atoms with Gasteiger partial charge in [-0.05, 0) is 61.0 Å². The Morgan fingerprint density at radius 1 is 1.03 bits per heavy atom. The number of nitro groups is 1. The molecule has 0 radical (unpaired) electrons. The number of aryl methyl sites for hydroxylation is 2. The molecule has 0 spiro atoms. The van der Waals surface area contributed by atoms with Gasteiger partial charge in [0.15, 0.2) is 0 Å². The Bertz CT molecular complexity index is 1260. The quantitative estimate of drug-likeness (QED) is 0.313. The van der Waals surface area contributed by atoms with Crippen LogP contribution in [0.4, 0.5) is 32.0 Å². The number of nitrogens with one attached hydrogen (secondary N) is 1. The molecule has 170 valence electrons. The van der Waals surface area contributed by atoms with Crippen LogP contribution in [0.25, 0.3) is 5.69 Å². The summed E-state index contributed by atoms with van der Waals surface area (Å²) in [5.74, 6) is 0. The molecule has 0 aliphatic heterocycles. The molecule has 1 heterocycles. The highest BCUT2D eigenvalue weighted by Gasteiger charge is 2.36. The zero-order valence-corrected chi connectivity index (χ0v) is 16.9. The minimum Gasteiger partial charge on any atom is -0.258 e. The average molecular weight is 478 g/mol. The van der Waals surface area contributed by atoms with Crippen LogP contribution in [0.5, 0.6) is 0 Å². The summed E-state index contributed by atoms with van der Waals surface area (Å²) in [5, 5.41) is 16.5. The maximum Gasteiger partial charge on any atom is 0.418 e. The van der Waals surface area contributed by atoms with Gasteiger partial charge in [0.25, 0.3) is 5.69 Å². The molecule has 0 fully saturated rings. The predicted molar refractivity (Wildman–Crippen MR) is 101 cm³/mol. The molecule has 0 atom stereocenters. The van der Waals surface area contributed by atoms with E-state index in [2.05, 4.69) is 5.10 Å². The van der Waals surface area contributed by atoms with Gasteiger partial charge in [0.1, 0.15) is 0 Å². The standard InChI is InChI=1S/C18H12F6N4O3S/c1-8-5-11(18(22,23)24)12(6-9(8)2)27-15(29)25-26-16(27)32-14-4-3-10(17(19,20)21)7-13(14)28(30)31/h3-7H,1-2H3,(H,25,29). The van der Waals surface area contributed by atoms with Gasteiger partial charge < -0.3 is 0 Å². The maximum absolute atomic E-state index is 13.6. The Kier molecular flexibility index (Phi) is 5.84. The monoisotopic (exact) mass is 478 g/mol. The van der Waals surface area contributed by atoms with Crippen LogP contribution < -0.4 is 5.69 Å². The molecule has 1 aromatic heterocycles. The number of hydrogen-bond donors (Lipinski definition) is 1. The van der Waals surface area contributed by atoms with Crippen molar-refractivity contribution in [3.05, 3.63) is 73.2 Å². The van der Waals surface area contributed by atoms with Crippen LogP contribution in [0.2, 0.25) is 0 Å². The molecule has 0 bridgehead atoms. The Balaban J connectivity index is 2.18. The first kappa shape index (κ1) is 23.4. The van der Waals surface area contributed by atoms with E-state index in [1.165, 1.54) is 13.8 Å². The molecule has 0 aliphatic rings. The number of aromatic amines is 1. The van der Waals surface area contributed by atoms with E-state index in [1.54, 1.807) is 0 Å². The van der Waals surface area contributed by atoms with Crippen LogP contribution in [0.1, 0.15) is 22.3 Å². The van der Waals surface area contributed by atoms with Crippen LogP contribution in [0, 0.1) is 24.0 Å². The SMILES string of the molecule is Cc1cc(-n2c(Sc3ccc(C(F)(F)F)cc3[N+](=O)[O-])n[nH]c2=O)c(C(F)(F)F)cc1C. The molecule has 3 rings (SSSR count). The van der Waals surface area contributed by atoms with Crippen LogP contribution in [-0.4, -0.2) is 19.7 Å². The van der Waals surface area contributed by atoms with Crippen molar-refractivity contribution >= 4 is 17.4 Å². The number of aromatic nitrogens is 3. The minimum atomic E-state index is -4.84. The predicted octanol–water partition coefficient (Wildman–Crippen LogP) is 5.27. The van der Waals surface area contributed by atoms with E-state index < -0.39 is 50.6 Å². The third kappa shape index (κ3) is 4.49. The van der Waals surface area contributed by atoms with Gasteiger partial charge in [-0.15, -0.1) is 5.10 Å². The van der Waals surface area contributed by atoms with Crippen molar-refractivity contribution in [3.63, 3.8) is 0 Å². The number of H-pyrrole nitrogens is 1. The Morgan fingerprint density at radius 2 is 1.66 bits per heavy atom. The lowest BCUT2D eigenvalue weighted by Gasteiger charge is -2.16. The lowest BCUT2D eigenvalue weighted by molar-refractivity contribution is -0.388. The van der Waals surface area contributed by atoms with E-state index in [9.17, 15) is 41.3 Å². The summed E-state index contributed by atoms with van der Waals surface area (Å²) in [4.78, 5) is 22.2. The highest BCUT2D eigenvalue weighted by molar-refractivity contribution is 7.99. The molecule has 0 aliphatic carbocycles. The molecule has 14 heteroatoms. The summed E-state index contributed by atoms with van der Waals surface area (Å²) in [7, 11) is 0. The van der Waals surface area contributed by atoms with Crippen molar-refractivity contribution in [2.45, 2.75) is 36.3 Å². The third-order valence-electron chi connectivity index (χ3n) is 4.48. The van der Waals surface area contributed by atoms with Gasteiger partial charge in [-0.25, -0.2) is 14.5 Å². The van der Waals surface area contributed by atoms with Gasteiger partial charge in [-0.2, -0.15) is 26.3 Å². The first-order valence-electron chi connectivity index (χ1n) is 8.60. The molecule has 3 aromatic rings. The second-order valence-corrected chi connectivity index (χ2v) is 7.65. The van der Waals surface area contributed by atoms with Gasteiger partial charge in [-0.3, -0.25) is 10.1 Å². The van der Waals surface area contributed by atoms with Crippen molar-refractivity contribution in [3.8, 4) is 5.69 Å². The summed E-state index contributed by atoms with van der Waals surface area (Å²) in [5.41, 5.74) is -4.26. The van der Waals surface area contributed by atoms with Crippen molar-refractivity contribution in [1.29, 1.82) is 0 Å². The topological polar surface area (TPSA) is 93.8 Å². The number of rotatable bonds is 4. The highest BCUT2D eigenvalue weighted by Crippen LogP contribution is 2.40. The molecule has 0 saturated heterocycles. The lowest BCUT2D eigenvalue weighted by Crippen LogP contribution is -2.20. The summed E-state index contributed by atoms with van der Waals surface area (Å²) in [6.45, 7) is 2.98. The van der Waals surface area contributed by atoms with E-state index in [-0.39, 0.29) is 4.90 Å². The fourth-order valence-electron chi connectivity index (χ4n) is 2.80. The molecule has 32 heavy (non-hydrogen) atoms. The first-order chi connectivity index (χ1) is 14.7. The zero-order valence-electron chi connectivity index (χ0n) is 16.1. The van der Waals surface area contributed by atoms with Crippen LogP contribution in [0.3, 0.4) is 0 Å². The van der Waals surface area contributed by atoms with E-state index in [0.29, 0.717) is 39.6 Å². The maximum atomic E-state index is 13.6. The van der Waals surface area contributed by atoms with Crippen molar-refractivity contribution in [2.75, 3.05) is 0 Å². The smallest absolute Gasteiger partial charge is 0.258 e. The number of nitrogens with zero attached hydrogens (tertiary/aromatic N) is 3. The zero-order chi connectivity index (χ0) is 24.0. The molecular formula is C18H12F6N4O3S. The molecule has 2 aromatic carbocycles. The molecular weight excluding hydrogens is 466 g/mol. The molecule has 7 nitrogen and oxygen atoms in total. The van der Waals surface area contributed by atoms with E-state index in [4.69, 9.17) is 0 Å². The van der Waals surface area contributed by atoms with Gasteiger partial charge in [0.2, 0.25) is 5.16 Å². The van der Waals surface area contributed by atoms with Gasteiger partial charge >= 0.3 is 18.0 Å². The van der Waals surface area contributed by atoms with Crippen LogP contribution in [-0.2, 0) is 12.4 Å². The van der Waals surface area contributed by atoms with Crippen molar-refractivity contribution in [1.82, 2.24) is 14.8 Å². The Labute approximate surface area is 179 Å². The van der Waals surface area contributed by atoms with Crippen molar-refractivity contribution < 1.29 is 31.3 Å². The normalized spacial score (nSPS) is 12.2. The molecule has 1 N–H and O–H groups in total. The summed E-state index contributed by atoms with van der Waals surface area (Å²) >= 11 is 0.378. The number of hydrogen-bond acceptors (Lipinski definition) is 5. The van der Waals surface area contributed by atoms with Crippen molar-refractivity contribution in [2.24, 2.45) is 0 Å². The van der Waals surface area contributed by atoms with Gasteiger partial charge in [-0.1, -0.05) is 0 Å². The highest BCUT2D eigenvalue weighted by atomic mass is 32.2. The number of halogens is 6. The second-order valence-electron chi connectivity index (χ2n) is 6.64. The van der Waals surface area contributed by atoms with Gasteiger partial charge in [0, 0.05) is 6.07 Å². The molecule has 0 saturated carbocycles. The Morgan fingerprint density at radius 3 is 2.22 bits per heavy atom. The minimum absolute atomic E-state index is 0.300. The average Bonchev–Trinajstić information content (AvgIpc) is 3.02. The van der Waals surface area contributed by atoms with Crippen LogP contribution in [0.15, 0.2) is 45.2 Å². The molecule has 0 amide bonds. The number of nitro benzene ring substituents is 1. The number of benzene rings is 2. The molecule has 0 unspecified atom stereocenters. The summed E-state index contributed by atoms with van der Waals surface area (Å²) in [6, 6.07) is 3.63. The summed E-state index contributed by atoms with van der Waals surface area (Å²) in [6.07, 6.45) is -9.68. The first-order valence-corrected chi connectivity index (χ1v) is 9.41. The third-order valence-corrected chi connectivity index (χ3v) is 5.51. The number of alkyl halides is 6. The van der Waals surface area contributed by atoms with E-state index in [1.807, 2.05) is 5.10 Å². The largest absolute Gasteiger partial charge is 0.418 e. The van der Waals surface area contributed by atoms with E-state index >= 15 is 0 Å². The van der Waals surface area contributed by atoms with Crippen LogP contribution >= 0.6 is 11.8 Å². The summed E-state index contributed by atoms with van der Waals surface area (Å²) < 4.78 is 80.1. The fourth-order valence-corrected chi connectivity index (χ4v) is 3.73. The lowest BCUT2D eigenvalue weighted by atomic mass is 10.0. The Hall–Kier alpha value is -3.29. The van der Waals surface area contributed by atoms with E-state index in [0.717, 1.165) is 18.2 Å². The fraction of sp³-hybridized carbons (Fsp3) is 0.222.